The Bertz CT molecular complexity index is 181. The summed E-state index contributed by atoms with van der Waals surface area (Å²) in [6.07, 6.45) is 5.25. The van der Waals surface area contributed by atoms with Gasteiger partial charge in [0.2, 0.25) is 0 Å². The molecule has 0 aromatic heterocycles. The van der Waals surface area contributed by atoms with Crippen LogP contribution in [0, 0.1) is 0 Å². The second kappa shape index (κ2) is 7.85. The van der Waals surface area contributed by atoms with E-state index in [2.05, 4.69) is 37.3 Å². The molecule has 0 amide bonds. The molecule has 0 heterocycles. The van der Waals surface area contributed by atoms with Gasteiger partial charge in [-0.15, -0.1) is 0 Å². The molecular weight excluding hydrogens is 155 g/mol. The number of unbranched alkanes of at least 4 members (excludes halogenated alkanes) is 2. The van der Waals surface area contributed by atoms with E-state index >= 15 is 0 Å². The van der Waals surface area contributed by atoms with Crippen molar-refractivity contribution in [2.45, 2.75) is 32.6 Å². The molecule has 0 saturated heterocycles. The maximum absolute atomic E-state index is 2.24. The Labute approximate surface area is 97.7 Å². The Hall–Kier alpha value is 0.220. The average Bonchev–Trinajstić information content (AvgIpc) is 2.07. The van der Waals surface area contributed by atoms with E-state index < -0.39 is 0 Å². The number of aryl methyl sites for hydroxylation is 1. The van der Waals surface area contributed by atoms with Crippen LogP contribution in [0.15, 0.2) is 30.3 Å². The molecule has 1 aromatic carbocycles. The normalized spacial score (nSPS) is 9.08. The van der Waals surface area contributed by atoms with E-state index in [1.165, 1.54) is 31.2 Å². The third kappa shape index (κ3) is 4.97. The van der Waals surface area contributed by atoms with Crippen molar-refractivity contribution in [3.8, 4) is 0 Å². The molecule has 0 aliphatic heterocycles. The molecule has 0 atom stereocenters. The second-order valence-corrected chi connectivity index (χ2v) is 2.94. The van der Waals surface area contributed by atoms with Crippen LogP contribution in [0.3, 0.4) is 0 Å². The van der Waals surface area contributed by atoms with Crippen LogP contribution < -0.4 is 0 Å². The van der Waals surface area contributed by atoms with E-state index in [1.54, 1.807) is 0 Å². The van der Waals surface area contributed by atoms with Gasteiger partial charge in [0.1, 0.15) is 0 Å². The van der Waals surface area contributed by atoms with Crippen molar-refractivity contribution in [2.24, 2.45) is 0 Å². The Balaban J connectivity index is 0.00000121. The molecule has 0 radical (unpaired) electrons. The first-order valence-electron chi connectivity index (χ1n) is 4.47. The first-order chi connectivity index (χ1) is 5.43. The standard InChI is InChI=1S/C11H16.Na.H/c1-2-3-5-8-11-9-6-4-7-10-11;;/h4,6-7,9-10H,2-3,5,8H2,1H3;;. The Morgan fingerprint density at radius 2 is 1.67 bits per heavy atom. The summed E-state index contributed by atoms with van der Waals surface area (Å²) in [5.74, 6) is 0. The zero-order valence-electron chi connectivity index (χ0n) is 7.22. The van der Waals surface area contributed by atoms with Gasteiger partial charge >= 0.3 is 29.6 Å². The molecule has 0 unspecified atom stereocenters. The SMILES string of the molecule is CCCCCc1ccccc1.[NaH]. The van der Waals surface area contributed by atoms with E-state index in [-0.39, 0.29) is 29.6 Å². The fourth-order valence-corrected chi connectivity index (χ4v) is 1.22. The van der Waals surface area contributed by atoms with Crippen LogP contribution in [-0.2, 0) is 6.42 Å². The molecule has 0 nitrogen and oxygen atoms in total. The van der Waals surface area contributed by atoms with Gasteiger partial charge in [0, 0.05) is 0 Å². The Morgan fingerprint density at radius 1 is 1.00 bits per heavy atom. The number of hydrogen-bond acceptors (Lipinski definition) is 0. The van der Waals surface area contributed by atoms with Crippen molar-refractivity contribution in [3.63, 3.8) is 0 Å². The van der Waals surface area contributed by atoms with Crippen molar-refractivity contribution in [1.29, 1.82) is 0 Å². The molecule has 1 aromatic rings. The van der Waals surface area contributed by atoms with Gasteiger partial charge < -0.3 is 0 Å². The summed E-state index contributed by atoms with van der Waals surface area (Å²) in [6.45, 7) is 2.24. The predicted molar refractivity (Wildman–Crippen MR) is 56.8 cm³/mol. The summed E-state index contributed by atoms with van der Waals surface area (Å²) in [4.78, 5) is 0. The van der Waals surface area contributed by atoms with Gasteiger partial charge in [0.15, 0.2) is 0 Å². The van der Waals surface area contributed by atoms with Crippen LogP contribution in [0.5, 0.6) is 0 Å². The molecule has 62 valence electrons. The molecule has 0 N–H and O–H groups in total. The topological polar surface area (TPSA) is 0 Å². The summed E-state index contributed by atoms with van der Waals surface area (Å²) in [5.41, 5.74) is 1.47. The Kier molecular flexibility index (Phi) is 7.99. The molecule has 0 fully saturated rings. The van der Waals surface area contributed by atoms with Crippen molar-refractivity contribution in [1.82, 2.24) is 0 Å². The summed E-state index contributed by atoms with van der Waals surface area (Å²) < 4.78 is 0. The van der Waals surface area contributed by atoms with E-state index in [4.69, 9.17) is 0 Å². The van der Waals surface area contributed by atoms with Crippen LogP contribution in [0.4, 0.5) is 0 Å². The van der Waals surface area contributed by atoms with Crippen LogP contribution in [0.2, 0.25) is 0 Å². The maximum atomic E-state index is 2.24. The zero-order valence-corrected chi connectivity index (χ0v) is 7.22. The zero-order chi connectivity index (χ0) is 7.94. The van der Waals surface area contributed by atoms with Gasteiger partial charge in [-0.25, -0.2) is 0 Å². The molecule has 0 aliphatic rings. The average molecular weight is 172 g/mol. The number of hydrogen-bond donors (Lipinski definition) is 0. The molecule has 0 spiro atoms. The predicted octanol–water partition coefficient (Wildman–Crippen LogP) is 2.77. The minimum atomic E-state index is 0. The molecule has 0 aliphatic carbocycles. The first kappa shape index (κ1) is 12.2. The van der Waals surface area contributed by atoms with E-state index in [0.717, 1.165) is 0 Å². The molecule has 1 rings (SSSR count). The third-order valence-electron chi connectivity index (χ3n) is 1.91. The Morgan fingerprint density at radius 3 is 2.25 bits per heavy atom. The summed E-state index contributed by atoms with van der Waals surface area (Å²) in [5, 5.41) is 0. The van der Waals surface area contributed by atoms with Crippen molar-refractivity contribution >= 4 is 29.6 Å². The fourth-order valence-electron chi connectivity index (χ4n) is 1.22. The second-order valence-electron chi connectivity index (χ2n) is 2.94. The van der Waals surface area contributed by atoms with Crippen LogP contribution in [0.25, 0.3) is 0 Å². The number of rotatable bonds is 4. The minimum absolute atomic E-state index is 0. The van der Waals surface area contributed by atoms with E-state index in [9.17, 15) is 0 Å². The van der Waals surface area contributed by atoms with Gasteiger partial charge in [-0.3, -0.25) is 0 Å². The van der Waals surface area contributed by atoms with Crippen LogP contribution in [0.1, 0.15) is 31.7 Å². The van der Waals surface area contributed by atoms with Crippen LogP contribution >= 0.6 is 0 Å². The quantitative estimate of drug-likeness (QED) is 0.484. The van der Waals surface area contributed by atoms with Crippen molar-refractivity contribution < 1.29 is 0 Å². The summed E-state index contributed by atoms with van der Waals surface area (Å²) in [7, 11) is 0. The molecule has 0 saturated carbocycles. The van der Waals surface area contributed by atoms with E-state index in [0.29, 0.717) is 0 Å². The molecule has 1 heteroatoms. The van der Waals surface area contributed by atoms with Gasteiger partial charge in [-0.1, -0.05) is 50.1 Å². The van der Waals surface area contributed by atoms with Gasteiger partial charge in [-0.05, 0) is 18.4 Å². The van der Waals surface area contributed by atoms with Gasteiger partial charge in [0.25, 0.3) is 0 Å². The monoisotopic (exact) mass is 172 g/mol. The third-order valence-corrected chi connectivity index (χ3v) is 1.91. The molecular formula is C11H17Na. The summed E-state index contributed by atoms with van der Waals surface area (Å²) in [6, 6.07) is 10.7. The molecule has 0 bridgehead atoms. The van der Waals surface area contributed by atoms with Gasteiger partial charge in [-0.2, -0.15) is 0 Å². The van der Waals surface area contributed by atoms with Crippen molar-refractivity contribution in [2.75, 3.05) is 0 Å². The van der Waals surface area contributed by atoms with Crippen molar-refractivity contribution in [3.05, 3.63) is 35.9 Å². The number of benzene rings is 1. The first-order valence-corrected chi connectivity index (χ1v) is 4.47. The fraction of sp³-hybridized carbons (Fsp3) is 0.455. The van der Waals surface area contributed by atoms with Gasteiger partial charge in [0.05, 0.1) is 0 Å². The van der Waals surface area contributed by atoms with E-state index in [1.807, 2.05) is 0 Å². The summed E-state index contributed by atoms with van der Waals surface area (Å²) >= 11 is 0. The van der Waals surface area contributed by atoms with Crippen LogP contribution in [-0.4, -0.2) is 29.6 Å². The molecule has 12 heavy (non-hydrogen) atoms.